The summed E-state index contributed by atoms with van der Waals surface area (Å²) in [5.41, 5.74) is 1.48. The van der Waals surface area contributed by atoms with Crippen molar-refractivity contribution in [3.63, 3.8) is 0 Å². The fourth-order valence-electron chi connectivity index (χ4n) is 1.95. The van der Waals surface area contributed by atoms with Crippen molar-refractivity contribution in [3.05, 3.63) is 30.1 Å². The molecule has 64 valence electrons. The predicted octanol–water partition coefficient (Wildman–Crippen LogP) is 2.84. The predicted molar refractivity (Wildman–Crippen MR) is 49.9 cm³/mol. The van der Waals surface area contributed by atoms with Gasteiger partial charge >= 0.3 is 0 Å². The molecule has 0 N–H and O–H groups in total. The Morgan fingerprint density at radius 2 is 2.00 bits per heavy atom. The molecule has 12 heavy (non-hydrogen) atoms. The van der Waals surface area contributed by atoms with E-state index in [1.54, 1.807) is 0 Å². The maximum absolute atomic E-state index is 4.03. The number of nitrogens with zero attached hydrogens (tertiary/aromatic N) is 1. The van der Waals surface area contributed by atoms with Gasteiger partial charge in [0.15, 0.2) is 0 Å². The molecular formula is C11H15N. The van der Waals surface area contributed by atoms with E-state index in [-0.39, 0.29) is 0 Å². The van der Waals surface area contributed by atoms with Gasteiger partial charge in [0.2, 0.25) is 0 Å². The van der Waals surface area contributed by atoms with E-state index in [9.17, 15) is 0 Å². The first-order chi connectivity index (χ1) is 5.79. The molecule has 0 aliphatic heterocycles. The molecule has 2 unspecified atom stereocenters. The summed E-state index contributed by atoms with van der Waals surface area (Å²) in [5.74, 6) is 2.59. The van der Waals surface area contributed by atoms with Gasteiger partial charge in [0.05, 0.1) is 0 Å². The summed E-state index contributed by atoms with van der Waals surface area (Å²) in [6, 6.07) is 4.29. The van der Waals surface area contributed by atoms with E-state index in [1.165, 1.54) is 12.0 Å². The molecule has 0 spiro atoms. The Hall–Kier alpha value is -0.850. The minimum absolute atomic E-state index is 0.827. The van der Waals surface area contributed by atoms with Gasteiger partial charge in [-0.1, -0.05) is 13.8 Å². The number of rotatable bonds is 2. The van der Waals surface area contributed by atoms with E-state index >= 15 is 0 Å². The van der Waals surface area contributed by atoms with Crippen LogP contribution in [0.1, 0.15) is 31.7 Å². The van der Waals surface area contributed by atoms with Crippen LogP contribution in [0.15, 0.2) is 24.5 Å². The molecule has 1 saturated carbocycles. The molecule has 1 nitrogen and oxygen atoms in total. The van der Waals surface area contributed by atoms with E-state index in [0.717, 1.165) is 17.8 Å². The summed E-state index contributed by atoms with van der Waals surface area (Å²) >= 11 is 0. The highest BCUT2D eigenvalue weighted by atomic mass is 14.6. The lowest BCUT2D eigenvalue weighted by Crippen LogP contribution is -1.92. The Bertz CT molecular complexity index is 253. The third kappa shape index (κ3) is 1.36. The molecule has 1 aromatic heterocycles. The molecule has 1 aliphatic carbocycles. The van der Waals surface area contributed by atoms with Gasteiger partial charge in [-0.2, -0.15) is 0 Å². The van der Waals surface area contributed by atoms with Gasteiger partial charge in [-0.05, 0) is 41.9 Å². The topological polar surface area (TPSA) is 12.9 Å². The van der Waals surface area contributed by atoms with E-state index in [2.05, 4.69) is 31.0 Å². The third-order valence-corrected chi connectivity index (χ3v) is 2.83. The monoisotopic (exact) mass is 161 g/mol. The van der Waals surface area contributed by atoms with E-state index in [4.69, 9.17) is 0 Å². The fraction of sp³-hybridized carbons (Fsp3) is 0.545. The Morgan fingerprint density at radius 1 is 1.33 bits per heavy atom. The van der Waals surface area contributed by atoms with Crippen molar-refractivity contribution >= 4 is 0 Å². The zero-order valence-corrected chi connectivity index (χ0v) is 7.70. The highest BCUT2D eigenvalue weighted by Crippen LogP contribution is 2.51. The summed E-state index contributed by atoms with van der Waals surface area (Å²) in [4.78, 5) is 4.03. The van der Waals surface area contributed by atoms with Crippen molar-refractivity contribution in [1.29, 1.82) is 0 Å². The zero-order chi connectivity index (χ0) is 8.55. The van der Waals surface area contributed by atoms with Crippen LogP contribution in [0.2, 0.25) is 0 Å². The second kappa shape index (κ2) is 2.89. The number of pyridine rings is 1. The SMILES string of the molecule is CC(C)C1CC1c1ccncc1. The highest BCUT2D eigenvalue weighted by molar-refractivity contribution is 5.23. The molecule has 0 bridgehead atoms. The van der Waals surface area contributed by atoms with Crippen molar-refractivity contribution in [2.45, 2.75) is 26.2 Å². The summed E-state index contributed by atoms with van der Waals surface area (Å²) < 4.78 is 0. The molecule has 1 heterocycles. The molecule has 1 aliphatic rings. The van der Waals surface area contributed by atoms with E-state index in [0.29, 0.717) is 0 Å². The lowest BCUT2D eigenvalue weighted by molar-refractivity contribution is 0.548. The van der Waals surface area contributed by atoms with Crippen LogP contribution in [0, 0.1) is 11.8 Å². The summed E-state index contributed by atoms with van der Waals surface area (Å²) in [5, 5.41) is 0. The fourth-order valence-corrected chi connectivity index (χ4v) is 1.95. The second-order valence-electron chi connectivity index (χ2n) is 4.03. The molecule has 2 atom stereocenters. The first-order valence-electron chi connectivity index (χ1n) is 4.69. The molecular weight excluding hydrogens is 146 g/mol. The quantitative estimate of drug-likeness (QED) is 0.650. The van der Waals surface area contributed by atoms with Crippen molar-refractivity contribution < 1.29 is 0 Å². The largest absolute Gasteiger partial charge is 0.265 e. The molecule has 0 saturated heterocycles. The van der Waals surface area contributed by atoms with E-state index < -0.39 is 0 Å². The van der Waals surface area contributed by atoms with Gasteiger partial charge in [-0.25, -0.2) is 0 Å². The first-order valence-corrected chi connectivity index (χ1v) is 4.69. The van der Waals surface area contributed by atoms with Gasteiger partial charge in [0.1, 0.15) is 0 Å². The Balaban J connectivity index is 2.06. The molecule has 1 heteroatoms. The van der Waals surface area contributed by atoms with Crippen LogP contribution in [-0.2, 0) is 0 Å². The van der Waals surface area contributed by atoms with Gasteiger partial charge < -0.3 is 0 Å². The lowest BCUT2D eigenvalue weighted by Gasteiger charge is -2.02. The van der Waals surface area contributed by atoms with Gasteiger partial charge in [-0.3, -0.25) is 4.98 Å². The normalized spacial score (nSPS) is 27.6. The smallest absolute Gasteiger partial charge is 0.0270 e. The van der Waals surface area contributed by atoms with Gasteiger partial charge in [0.25, 0.3) is 0 Å². The van der Waals surface area contributed by atoms with Crippen LogP contribution in [0.3, 0.4) is 0 Å². The lowest BCUT2D eigenvalue weighted by atomic mass is 10.0. The average Bonchev–Trinajstić information content (AvgIpc) is 2.84. The average molecular weight is 161 g/mol. The minimum atomic E-state index is 0.827. The molecule has 2 rings (SSSR count). The molecule has 1 aromatic rings. The van der Waals surface area contributed by atoms with Crippen molar-refractivity contribution in [2.75, 3.05) is 0 Å². The second-order valence-corrected chi connectivity index (χ2v) is 4.03. The van der Waals surface area contributed by atoms with Crippen LogP contribution in [0.25, 0.3) is 0 Å². The molecule has 0 amide bonds. The number of hydrogen-bond donors (Lipinski definition) is 0. The summed E-state index contributed by atoms with van der Waals surface area (Å²) in [6.45, 7) is 4.62. The number of aromatic nitrogens is 1. The van der Waals surface area contributed by atoms with E-state index in [1.807, 2.05) is 12.4 Å². The maximum Gasteiger partial charge on any atom is 0.0270 e. The number of hydrogen-bond acceptors (Lipinski definition) is 1. The van der Waals surface area contributed by atoms with Crippen molar-refractivity contribution in [3.8, 4) is 0 Å². The molecule has 1 fully saturated rings. The van der Waals surface area contributed by atoms with Crippen LogP contribution >= 0.6 is 0 Å². The summed E-state index contributed by atoms with van der Waals surface area (Å²) in [7, 11) is 0. The zero-order valence-electron chi connectivity index (χ0n) is 7.70. The first kappa shape index (κ1) is 7.78. The highest BCUT2D eigenvalue weighted by Gasteiger charge is 2.39. The molecule has 0 radical (unpaired) electrons. The minimum Gasteiger partial charge on any atom is -0.265 e. The van der Waals surface area contributed by atoms with Crippen LogP contribution in [-0.4, -0.2) is 4.98 Å². The Morgan fingerprint density at radius 3 is 2.50 bits per heavy atom. The summed E-state index contributed by atoms with van der Waals surface area (Å²) in [6.07, 6.45) is 5.16. The Kier molecular flexibility index (Phi) is 1.87. The van der Waals surface area contributed by atoms with Crippen LogP contribution in [0.4, 0.5) is 0 Å². The third-order valence-electron chi connectivity index (χ3n) is 2.83. The Labute approximate surface area is 73.8 Å². The molecule has 0 aromatic carbocycles. The van der Waals surface area contributed by atoms with Gasteiger partial charge in [0, 0.05) is 12.4 Å². The van der Waals surface area contributed by atoms with Crippen LogP contribution in [0.5, 0.6) is 0 Å². The van der Waals surface area contributed by atoms with Crippen molar-refractivity contribution in [2.24, 2.45) is 11.8 Å². The van der Waals surface area contributed by atoms with Crippen LogP contribution < -0.4 is 0 Å². The maximum atomic E-state index is 4.03. The van der Waals surface area contributed by atoms with Gasteiger partial charge in [-0.15, -0.1) is 0 Å². The standard InChI is InChI=1S/C11H15N/c1-8(2)10-7-11(10)9-3-5-12-6-4-9/h3-6,8,10-11H,7H2,1-2H3. The van der Waals surface area contributed by atoms with Crippen molar-refractivity contribution in [1.82, 2.24) is 4.98 Å².